The molecule has 1 atom stereocenters. The minimum absolute atomic E-state index is 0.0405. The number of ether oxygens (including phenoxy) is 1. The minimum atomic E-state index is -3.10. The first-order valence-electron chi connectivity index (χ1n) is 6.80. The van der Waals surface area contributed by atoms with Crippen LogP contribution in [0.25, 0.3) is 0 Å². The molecule has 1 unspecified atom stereocenters. The van der Waals surface area contributed by atoms with E-state index in [0.717, 1.165) is 0 Å². The summed E-state index contributed by atoms with van der Waals surface area (Å²) in [6.45, 7) is 6.66. The van der Waals surface area contributed by atoms with E-state index in [9.17, 15) is 13.2 Å². The van der Waals surface area contributed by atoms with Crippen LogP contribution < -0.4 is 5.32 Å². The van der Waals surface area contributed by atoms with Crippen LogP contribution >= 0.6 is 0 Å². The van der Waals surface area contributed by atoms with Gasteiger partial charge in [0, 0.05) is 25.7 Å². The second-order valence-electron chi connectivity index (χ2n) is 4.68. The fraction of sp³-hybridized carbons (Fsp3) is 0.917. The molecule has 0 aromatic rings. The normalized spacial score (nSPS) is 20.2. The molecule has 6 nitrogen and oxygen atoms in total. The highest BCUT2D eigenvalue weighted by Gasteiger charge is 2.28. The number of sulfonamides is 1. The predicted molar refractivity (Wildman–Crippen MR) is 73.3 cm³/mol. The Labute approximate surface area is 115 Å². The van der Waals surface area contributed by atoms with Gasteiger partial charge in [0.05, 0.1) is 5.75 Å². The summed E-state index contributed by atoms with van der Waals surface area (Å²) in [7, 11) is -3.10. The molecule has 0 spiro atoms. The number of nitrogens with zero attached hydrogens (tertiary/aromatic N) is 1. The average molecular weight is 292 g/mol. The zero-order valence-electron chi connectivity index (χ0n) is 11.9. The molecular formula is C12H24N2O4S. The summed E-state index contributed by atoms with van der Waals surface area (Å²) in [5.41, 5.74) is 0. The Morgan fingerprint density at radius 1 is 1.37 bits per heavy atom. The fourth-order valence-electron chi connectivity index (χ4n) is 2.11. The molecule has 112 valence electrons. The first-order chi connectivity index (χ1) is 8.90. The van der Waals surface area contributed by atoms with E-state index in [0.29, 0.717) is 32.5 Å². The van der Waals surface area contributed by atoms with Crippen molar-refractivity contribution in [1.82, 2.24) is 9.62 Å². The second-order valence-corrected chi connectivity index (χ2v) is 6.94. The third kappa shape index (κ3) is 4.74. The molecule has 7 heteroatoms. The molecular weight excluding hydrogens is 268 g/mol. The minimum Gasteiger partial charge on any atom is -0.369 e. The SMILES string of the molecule is CCOC(C)C(=O)NC1CCN(S(=O)(=O)CC)CC1. The van der Waals surface area contributed by atoms with Crippen LogP contribution in [-0.2, 0) is 19.6 Å². The van der Waals surface area contributed by atoms with Crippen molar-refractivity contribution in [2.45, 2.75) is 45.8 Å². The zero-order chi connectivity index (χ0) is 14.5. The fourth-order valence-corrected chi connectivity index (χ4v) is 3.24. The van der Waals surface area contributed by atoms with Gasteiger partial charge < -0.3 is 10.1 Å². The van der Waals surface area contributed by atoms with E-state index < -0.39 is 16.1 Å². The van der Waals surface area contributed by atoms with Crippen LogP contribution in [0.5, 0.6) is 0 Å². The number of nitrogens with one attached hydrogen (secondary N) is 1. The van der Waals surface area contributed by atoms with E-state index in [-0.39, 0.29) is 17.7 Å². The standard InChI is InChI=1S/C12H24N2O4S/c1-4-18-10(3)12(15)13-11-6-8-14(9-7-11)19(16,17)5-2/h10-11H,4-9H2,1-3H3,(H,13,15). The van der Waals surface area contributed by atoms with Crippen molar-refractivity contribution in [2.24, 2.45) is 0 Å². The monoisotopic (exact) mass is 292 g/mol. The van der Waals surface area contributed by atoms with Crippen molar-refractivity contribution >= 4 is 15.9 Å². The smallest absolute Gasteiger partial charge is 0.249 e. The van der Waals surface area contributed by atoms with Gasteiger partial charge in [0.2, 0.25) is 15.9 Å². The van der Waals surface area contributed by atoms with Crippen LogP contribution in [-0.4, -0.2) is 56.2 Å². The molecule has 1 heterocycles. The summed E-state index contributed by atoms with van der Waals surface area (Å²) < 4.78 is 30.1. The van der Waals surface area contributed by atoms with Gasteiger partial charge in [0.1, 0.15) is 6.10 Å². The van der Waals surface area contributed by atoms with Gasteiger partial charge in [-0.2, -0.15) is 0 Å². The highest BCUT2D eigenvalue weighted by atomic mass is 32.2. The number of hydrogen-bond acceptors (Lipinski definition) is 4. The van der Waals surface area contributed by atoms with Crippen LogP contribution in [0.2, 0.25) is 0 Å². The molecule has 0 radical (unpaired) electrons. The molecule has 1 rings (SSSR count). The molecule has 1 aliphatic heterocycles. The van der Waals surface area contributed by atoms with E-state index in [1.54, 1.807) is 13.8 Å². The Hall–Kier alpha value is -0.660. The zero-order valence-corrected chi connectivity index (χ0v) is 12.7. The van der Waals surface area contributed by atoms with E-state index in [2.05, 4.69) is 5.32 Å². The van der Waals surface area contributed by atoms with Gasteiger partial charge in [0.25, 0.3) is 0 Å². The molecule has 1 saturated heterocycles. The van der Waals surface area contributed by atoms with Crippen molar-refractivity contribution in [3.05, 3.63) is 0 Å². The van der Waals surface area contributed by atoms with Gasteiger partial charge in [-0.3, -0.25) is 4.79 Å². The third-order valence-electron chi connectivity index (χ3n) is 3.34. The lowest BCUT2D eigenvalue weighted by Crippen LogP contribution is -2.49. The molecule has 0 bridgehead atoms. The van der Waals surface area contributed by atoms with Gasteiger partial charge in [-0.25, -0.2) is 12.7 Å². The van der Waals surface area contributed by atoms with E-state index >= 15 is 0 Å². The maximum atomic E-state index is 11.8. The number of amides is 1. The summed E-state index contributed by atoms with van der Waals surface area (Å²) >= 11 is 0. The molecule has 19 heavy (non-hydrogen) atoms. The second kappa shape index (κ2) is 7.21. The summed E-state index contributed by atoms with van der Waals surface area (Å²) in [5.74, 6) is 0.00411. The Morgan fingerprint density at radius 2 is 1.95 bits per heavy atom. The molecule has 1 fully saturated rings. The van der Waals surface area contributed by atoms with Gasteiger partial charge in [-0.05, 0) is 33.6 Å². The lowest BCUT2D eigenvalue weighted by atomic mass is 10.1. The van der Waals surface area contributed by atoms with Crippen molar-refractivity contribution in [3.8, 4) is 0 Å². The molecule has 1 aliphatic rings. The maximum absolute atomic E-state index is 11.8. The number of carbonyl (C=O) groups excluding carboxylic acids is 1. The number of rotatable bonds is 6. The van der Waals surface area contributed by atoms with Crippen LogP contribution in [0.15, 0.2) is 0 Å². The summed E-state index contributed by atoms with van der Waals surface area (Å²) in [5, 5.41) is 2.91. The van der Waals surface area contributed by atoms with Crippen LogP contribution in [0.4, 0.5) is 0 Å². The highest BCUT2D eigenvalue weighted by Crippen LogP contribution is 2.14. The molecule has 0 aliphatic carbocycles. The Balaban J connectivity index is 2.41. The molecule has 1 amide bonds. The van der Waals surface area contributed by atoms with E-state index in [4.69, 9.17) is 4.74 Å². The lowest BCUT2D eigenvalue weighted by molar-refractivity contribution is -0.132. The largest absolute Gasteiger partial charge is 0.369 e. The first kappa shape index (κ1) is 16.4. The van der Waals surface area contributed by atoms with E-state index in [1.807, 2.05) is 6.92 Å². The summed E-state index contributed by atoms with van der Waals surface area (Å²) in [6, 6.07) is 0.0405. The van der Waals surface area contributed by atoms with Crippen molar-refractivity contribution in [3.63, 3.8) is 0 Å². The van der Waals surface area contributed by atoms with Crippen LogP contribution in [0.1, 0.15) is 33.6 Å². The lowest BCUT2D eigenvalue weighted by Gasteiger charge is -2.31. The summed E-state index contributed by atoms with van der Waals surface area (Å²) in [6.07, 6.45) is 0.857. The third-order valence-corrected chi connectivity index (χ3v) is 5.23. The van der Waals surface area contributed by atoms with Crippen molar-refractivity contribution in [2.75, 3.05) is 25.4 Å². The maximum Gasteiger partial charge on any atom is 0.249 e. The van der Waals surface area contributed by atoms with Gasteiger partial charge in [-0.15, -0.1) is 0 Å². The van der Waals surface area contributed by atoms with Crippen molar-refractivity contribution < 1.29 is 17.9 Å². The molecule has 1 N–H and O–H groups in total. The first-order valence-corrected chi connectivity index (χ1v) is 8.41. The Kier molecular flexibility index (Phi) is 6.22. The molecule has 0 aromatic heterocycles. The molecule has 0 saturated carbocycles. The van der Waals surface area contributed by atoms with Gasteiger partial charge in [-0.1, -0.05) is 0 Å². The highest BCUT2D eigenvalue weighted by molar-refractivity contribution is 7.89. The average Bonchev–Trinajstić information content (AvgIpc) is 2.39. The van der Waals surface area contributed by atoms with Crippen molar-refractivity contribution in [1.29, 1.82) is 0 Å². The topological polar surface area (TPSA) is 75.7 Å². The quantitative estimate of drug-likeness (QED) is 0.766. The predicted octanol–water partition coefficient (Wildman–Crippen LogP) is 0.342. The number of hydrogen-bond donors (Lipinski definition) is 1. The Morgan fingerprint density at radius 3 is 2.42 bits per heavy atom. The molecule has 0 aromatic carbocycles. The van der Waals surface area contributed by atoms with Crippen LogP contribution in [0.3, 0.4) is 0 Å². The van der Waals surface area contributed by atoms with E-state index in [1.165, 1.54) is 4.31 Å². The number of carbonyl (C=O) groups is 1. The van der Waals surface area contributed by atoms with Gasteiger partial charge >= 0.3 is 0 Å². The van der Waals surface area contributed by atoms with Crippen LogP contribution in [0, 0.1) is 0 Å². The number of piperidine rings is 1. The van der Waals surface area contributed by atoms with Gasteiger partial charge in [0.15, 0.2) is 0 Å². The Bertz CT molecular complexity index is 389. The summed E-state index contributed by atoms with van der Waals surface area (Å²) in [4.78, 5) is 11.8.